The number of carbonyl (C=O) groups is 3. The molecular formula is C17H19BrN4O5. The van der Waals surface area contributed by atoms with Crippen LogP contribution in [0.2, 0.25) is 0 Å². The fourth-order valence-electron chi connectivity index (χ4n) is 2.17. The molecule has 0 saturated carbocycles. The van der Waals surface area contributed by atoms with Crippen LogP contribution in [0.15, 0.2) is 33.8 Å². The van der Waals surface area contributed by atoms with Crippen LogP contribution in [0.25, 0.3) is 10.9 Å². The lowest BCUT2D eigenvalue weighted by molar-refractivity contribution is -0.148. The quantitative estimate of drug-likeness (QED) is 0.629. The van der Waals surface area contributed by atoms with Gasteiger partial charge in [0.05, 0.1) is 23.7 Å². The summed E-state index contributed by atoms with van der Waals surface area (Å²) in [6.07, 6.45) is 1.98. The minimum Gasteiger partial charge on any atom is -0.456 e. The predicted octanol–water partition coefficient (Wildman–Crippen LogP) is 1.33. The summed E-state index contributed by atoms with van der Waals surface area (Å²) in [5, 5.41) is 4.93. The van der Waals surface area contributed by atoms with Gasteiger partial charge in [-0.1, -0.05) is 22.9 Å². The van der Waals surface area contributed by atoms with Gasteiger partial charge in [0.15, 0.2) is 6.61 Å². The van der Waals surface area contributed by atoms with Gasteiger partial charge in [0.1, 0.15) is 0 Å². The van der Waals surface area contributed by atoms with Crippen molar-refractivity contribution in [1.82, 2.24) is 20.2 Å². The molecule has 0 aliphatic rings. The second kappa shape index (κ2) is 9.81. The Bertz CT molecular complexity index is 912. The van der Waals surface area contributed by atoms with E-state index in [1.54, 1.807) is 18.2 Å². The van der Waals surface area contributed by atoms with Crippen LogP contribution in [0, 0.1) is 0 Å². The maximum absolute atomic E-state index is 12.4. The number of halogens is 1. The Balaban J connectivity index is 1.84. The van der Waals surface area contributed by atoms with Crippen LogP contribution >= 0.6 is 15.9 Å². The minimum absolute atomic E-state index is 0.0612. The summed E-state index contributed by atoms with van der Waals surface area (Å²) in [6.45, 7) is 1.80. The zero-order valence-corrected chi connectivity index (χ0v) is 16.2. The van der Waals surface area contributed by atoms with Crippen LogP contribution in [0.5, 0.6) is 0 Å². The van der Waals surface area contributed by atoms with Crippen molar-refractivity contribution in [1.29, 1.82) is 0 Å². The number of hydrogen-bond acceptors (Lipinski definition) is 6. The Hall–Kier alpha value is -2.75. The maximum atomic E-state index is 12.4. The lowest BCUT2D eigenvalue weighted by Gasteiger charge is -2.08. The molecular weight excluding hydrogens is 420 g/mol. The van der Waals surface area contributed by atoms with E-state index in [0.29, 0.717) is 17.4 Å². The molecule has 2 rings (SSSR count). The van der Waals surface area contributed by atoms with Crippen molar-refractivity contribution in [3.05, 3.63) is 39.4 Å². The van der Waals surface area contributed by atoms with Crippen molar-refractivity contribution in [2.45, 2.75) is 26.3 Å². The van der Waals surface area contributed by atoms with Gasteiger partial charge in [0, 0.05) is 17.6 Å². The molecule has 1 aromatic carbocycles. The molecule has 0 fully saturated rings. The third kappa shape index (κ3) is 6.17. The van der Waals surface area contributed by atoms with Gasteiger partial charge in [-0.25, -0.2) is 9.78 Å². The molecule has 1 heterocycles. The highest BCUT2D eigenvalue weighted by Gasteiger charge is 2.12. The van der Waals surface area contributed by atoms with Crippen molar-refractivity contribution in [2.24, 2.45) is 0 Å². The number of benzene rings is 1. The Morgan fingerprint density at radius 3 is 2.81 bits per heavy atom. The number of esters is 1. The molecule has 0 aliphatic heterocycles. The van der Waals surface area contributed by atoms with E-state index in [1.807, 2.05) is 12.2 Å². The monoisotopic (exact) mass is 438 g/mol. The van der Waals surface area contributed by atoms with Gasteiger partial charge in [0.25, 0.3) is 11.5 Å². The van der Waals surface area contributed by atoms with E-state index in [0.717, 1.165) is 10.9 Å². The molecule has 0 aliphatic carbocycles. The van der Waals surface area contributed by atoms with Gasteiger partial charge < -0.3 is 10.1 Å². The maximum Gasteiger partial charge on any atom is 0.321 e. The fraction of sp³-hybridized carbons (Fsp3) is 0.353. The van der Waals surface area contributed by atoms with Crippen LogP contribution in [0.3, 0.4) is 0 Å². The van der Waals surface area contributed by atoms with Crippen LogP contribution in [0.4, 0.5) is 4.79 Å². The standard InChI is InChI=1S/C17H19BrN4O5/c1-2-6-19-17(26)21-14(23)9-27-15(24)5-7-22-10-20-13-4-3-11(18)8-12(13)16(22)25/h3-4,8,10H,2,5-7,9H2,1H3,(H2,19,21,23,26). The van der Waals surface area contributed by atoms with E-state index in [4.69, 9.17) is 4.74 Å². The topological polar surface area (TPSA) is 119 Å². The summed E-state index contributed by atoms with van der Waals surface area (Å²) in [4.78, 5) is 51.2. The minimum atomic E-state index is -0.730. The number of amides is 3. The summed E-state index contributed by atoms with van der Waals surface area (Å²) in [7, 11) is 0. The van der Waals surface area contributed by atoms with E-state index < -0.39 is 24.5 Å². The molecule has 0 saturated heterocycles. The summed E-state index contributed by atoms with van der Waals surface area (Å²) in [6, 6.07) is 4.52. The number of carbonyl (C=O) groups excluding carboxylic acids is 3. The zero-order valence-electron chi connectivity index (χ0n) is 14.7. The molecule has 2 N–H and O–H groups in total. The largest absolute Gasteiger partial charge is 0.456 e. The summed E-state index contributed by atoms with van der Waals surface area (Å²) < 4.78 is 6.85. The molecule has 0 atom stereocenters. The van der Waals surface area contributed by atoms with Gasteiger partial charge in [-0.15, -0.1) is 0 Å². The second-order valence-corrected chi connectivity index (χ2v) is 6.54. The van der Waals surface area contributed by atoms with Crippen LogP contribution in [0.1, 0.15) is 19.8 Å². The Labute approximate surface area is 163 Å². The molecule has 0 unspecified atom stereocenters. The van der Waals surface area contributed by atoms with Gasteiger partial charge in [-0.2, -0.15) is 0 Å². The van der Waals surface area contributed by atoms with E-state index in [2.05, 4.69) is 26.2 Å². The highest BCUT2D eigenvalue weighted by Crippen LogP contribution is 2.14. The third-order valence-corrected chi connectivity index (χ3v) is 3.99. The molecule has 10 heteroatoms. The average molecular weight is 439 g/mol. The summed E-state index contributed by atoms with van der Waals surface area (Å²) >= 11 is 3.30. The smallest absolute Gasteiger partial charge is 0.321 e. The first-order valence-corrected chi connectivity index (χ1v) is 9.08. The zero-order chi connectivity index (χ0) is 19.8. The molecule has 0 spiro atoms. The summed E-state index contributed by atoms with van der Waals surface area (Å²) in [5.41, 5.74) is 0.277. The number of hydrogen-bond donors (Lipinski definition) is 2. The van der Waals surface area contributed by atoms with Crippen molar-refractivity contribution in [2.75, 3.05) is 13.2 Å². The molecule has 0 bridgehead atoms. The molecule has 1 aromatic heterocycles. The molecule has 3 amide bonds. The van der Waals surface area contributed by atoms with E-state index in [-0.39, 0.29) is 18.5 Å². The Morgan fingerprint density at radius 1 is 1.30 bits per heavy atom. The van der Waals surface area contributed by atoms with Crippen LogP contribution in [-0.4, -0.2) is 40.6 Å². The van der Waals surface area contributed by atoms with Crippen molar-refractivity contribution in [3.63, 3.8) is 0 Å². The Kier molecular flexibility index (Phi) is 7.47. The van der Waals surface area contributed by atoms with Crippen LogP contribution < -0.4 is 16.2 Å². The molecule has 27 heavy (non-hydrogen) atoms. The fourth-order valence-corrected chi connectivity index (χ4v) is 2.53. The number of fused-ring (bicyclic) bond motifs is 1. The number of ether oxygens (including phenoxy) is 1. The highest BCUT2D eigenvalue weighted by molar-refractivity contribution is 9.10. The van der Waals surface area contributed by atoms with Crippen molar-refractivity contribution in [3.8, 4) is 0 Å². The predicted molar refractivity (Wildman–Crippen MR) is 101 cm³/mol. The Morgan fingerprint density at radius 2 is 2.07 bits per heavy atom. The number of aryl methyl sites for hydroxylation is 1. The number of aromatic nitrogens is 2. The van der Waals surface area contributed by atoms with Crippen molar-refractivity contribution >= 4 is 44.7 Å². The normalized spacial score (nSPS) is 10.4. The molecule has 2 aromatic rings. The third-order valence-electron chi connectivity index (χ3n) is 3.50. The lowest BCUT2D eigenvalue weighted by atomic mass is 10.2. The first kappa shape index (κ1) is 20.6. The average Bonchev–Trinajstić information content (AvgIpc) is 2.64. The van der Waals surface area contributed by atoms with E-state index in [9.17, 15) is 19.2 Å². The van der Waals surface area contributed by atoms with E-state index in [1.165, 1.54) is 10.9 Å². The number of imide groups is 1. The molecule has 9 nitrogen and oxygen atoms in total. The first-order valence-electron chi connectivity index (χ1n) is 8.28. The van der Waals surface area contributed by atoms with Gasteiger partial charge >= 0.3 is 12.0 Å². The number of urea groups is 1. The molecule has 0 radical (unpaired) electrons. The number of rotatable bonds is 7. The van der Waals surface area contributed by atoms with Gasteiger partial charge in [0.2, 0.25) is 0 Å². The number of nitrogens with zero attached hydrogens (tertiary/aromatic N) is 2. The van der Waals surface area contributed by atoms with E-state index >= 15 is 0 Å². The first-order chi connectivity index (χ1) is 12.9. The highest BCUT2D eigenvalue weighted by atomic mass is 79.9. The lowest BCUT2D eigenvalue weighted by Crippen LogP contribution is -2.41. The second-order valence-electron chi connectivity index (χ2n) is 5.62. The van der Waals surface area contributed by atoms with Gasteiger partial charge in [-0.3, -0.25) is 24.3 Å². The van der Waals surface area contributed by atoms with Crippen molar-refractivity contribution < 1.29 is 19.1 Å². The summed E-state index contributed by atoms with van der Waals surface area (Å²) in [5.74, 6) is -1.40. The van der Waals surface area contributed by atoms with Gasteiger partial charge in [-0.05, 0) is 24.6 Å². The van der Waals surface area contributed by atoms with Crippen LogP contribution in [-0.2, 0) is 20.9 Å². The SMILES string of the molecule is CCCNC(=O)NC(=O)COC(=O)CCn1cnc2ccc(Br)cc2c1=O. The molecule has 144 valence electrons. The number of nitrogens with one attached hydrogen (secondary N) is 2.